The minimum absolute atomic E-state index is 0.0329. The number of aryl methyl sites for hydroxylation is 1. The van der Waals surface area contributed by atoms with Crippen LogP contribution in [0, 0.1) is 5.92 Å². The van der Waals surface area contributed by atoms with Gasteiger partial charge in [0.05, 0.1) is 18.7 Å². The molecule has 0 unspecified atom stereocenters. The maximum absolute atomic E-state index is 12.4. The number of para-hydroxylation sites is 2. The number of carbonyl (C=O) groups is 3. The number of hydrogen-bond donors (Lipinski definition) is 1. The molecular weight excluding hydrogens is 452 g/mol. The van der Waals surface area contributed by atoms with Crippen molar-refractivity contribution in [1.82, 2.24) is 0 Å². The van der Waals surface area contributed by atoms with E-state index >= 15 is 0 Å². The second-order valence-electron chi connectivity index (χ2n) is 6.89. The Morgan fingerprint density at radius 3 is 2.73 bits per heavy atom. The fourth-order valence-corrected chi connectivity index (χ4v) is 3.78. The Bertz CT molecular complexity index is 962. The molecule has 1 N–H and O–H groups in total. The molecule has 0 aromatic heterocycles. The van der Waals surface area contributed by atoms with Crippen molar-refractivity contribution < 1.29 is 23.9 Å². The van der Waals surface area contributed by atoms with Crippen molar-refractivity contribution in [1.29, 1.82) is 0 Å². The first-order valence-corrected chi connectivity index (χ1v) is 10.4. The molecule has 2 aromatic carbocycles. The predicted molar refractivity (Wildman–Crippen MR) is 117 cm³/mol. The lowest BCUT2D eigenvalue weighted by molar-refractivity contribution is -0.151. The van der Waals surface area contributed by atoms with E-state index in [2.05, 4.69) is 21.2 Å². The number of halogens is 1. The van der Waals surface area contributed by atoms with E-state index in [1.165, 1.54) is 12.0 Å². The van der Waals surface area contributed by atoms with Crippen LogP contribution in [0.15, 0.2) is 46.9 Å². The van der Waals surface area contributed by atoms with E-state index in [9.17, 15) is 14.4 Å². The average molecular weight is 475 g/mol. The number of amides is 2. The average Bonchev–Trinajstić information content (AvgIpc) is 3.14. The van der Waals surface area contributed by atoms with Crippen LogP contribution < -0.4 is 15.0 Å². The summed E-state index contributed by atoms with van der Waals surface area (Å²) in [5, 5.41) is 2.76. The first-order valence-electron chi connectivity index (χ1n) is 9.61. The molecule has 0 spiro atoms. The van der Waals surface area contributed by atoms with Crippen LogP contribution in [0.4, 0.5) is 11.4 Å². The molecule has 158 valence electrons. The quantitative estimate of drug-likeness (QED) is 0.620. The van der Waals surface area contributed by atoms with Gasteiger partial charge in [-0.2, -0.15) is 0 Å². The molecule has 1 heterocycles. The summed E-state index contributed by atoms with van der Waals surface area (Å²) in [5.74, 6) is -1.25. The summed E-state index contributed by atoms with van der Waals surface area (Å²) < 4.78 is 11.4. The Morgan fingerprint density at radius 1 is 1.23 bits per heavy atom. The minimum atomic E-state index is -0.630. The number of esters is 1. The smallest absolute Gasteiger partial charge is 0.311 e. The van der Waals surface area contributed by atoms with Crippen molar-refractivity contribution in [2.45, 2.75) is 19.8 Å². The topological polar surface area (TPSA) is 84.9 Å². The van der Waals surface area contributed by atoms with Gasteiger partial charge in [0.1, 0.15) is 5.75 Å². The van der Waals surface area contributed by atoms with Crippen molar-refractivity contribution in [3.05, 3.63) is 52.5 Å². The van der Waals surface area contributed by atoms with E-state index in [1.54, 1.807) is 24.3 Å². The molecule has 1 saturated heterocycles. The maximum atomic E-state index is 12.4. The van der Waals surface area contributed by atoms with E-state index < -0.39 is 24.4 Å². The molecule has 2 amide bonds. The van der Waals surface area contributed by atoms with Crippen molar-refractivity contribution in [3.8, 4) is 5.75 Å². The van der Waals surface area contributed by atoms with Crippen molar-refractivity contribution in [2.24, 2.45) is 5.92 Å². The van der Waals surface area contributed by atoms with E-state index in [4.69, 9.17) is 9.47 Å². The van der Waals surface area contributed by atoms with Gasteiger partial charge in [0.15, 0.2) is 6.61 Å². The third-order valence-electron chi connectivity index (χ3n) is 4.90. The highest BCUT2D eigenvalue weighted by Crippen LogP contribution is 2.33. The number of benzene rings is 2. The first-order chi connectivity index (χ1) is 14.4. The zero-order valence-corrected chi connectivity index (χ0v) is 18.4. The molecule has 1 fully saturated rings. The van der Waals surface area contributed by atoms with Gasteiger partial charge < -0.3 is 19.7 Å². The van der Waals surface area contributed by atoms with Crippen LogP contribution in [0.1, 0.15) is 18.9 Å². The highest BCUT2D eigenvalue weighted by molar-refractivity contribution is 9.10. The molecule has 1 aliphatic heterocycles. The lowest BCUT2D eigenvalue weighted by Gasteiger charge is -2.19. The normalized spacial score (nSPS) is 15.8. The fourth-order valence-electron chi connectivity index (χ4n) is 3.37. The number of hydrogen-bond acceptors (Lipinski definition) is 5. The molecule has 30 heavy (non-hydrogen) atoms. The molecule has 7 nitrogen and oxygen atoms in total. The van der Waals surface area contributed by atoms with Gasteiger partial charge in [-0.15, -0.1) is 0 Å². The highest BCUT2D eigenvalue weighted by atomic mass is 79.9. The van der Waals surface area contributed by atoms with Crippen LogP contribution in [0.5, 0.6) is 5.75 Å². The standard InChI is InChI=1S/C22H23BrN2O5/c1-3-14-10-16(23)8-9-17(14)24-20(26)13-30-22(28)15-11-21(27)25(12-15)18-6-4-5-7-19(18)29-2/h4-10,15H,3,11-13H2,1-2H3,(H,24,26)/t15-/m0/s1. The van der Waals surface area contributed by atoms with E-state index in [-0.39, 0.29) is 18.9 Å². The molecule has 8 heteroatoms. The number of anilines is 2. The SMILES string of the molecule is CCc1cc(Br)ccc1NC(=O)COC(=O)[C@H]1CC(=O)N(c2ccccc2OC)C1. The second-order valence-corrected chi connectivity index (χ2v) is 7.80. The Balaban J connectivity index is 1.57. The van der Waals surface area contributed by atoms with Gasteiger partial charge >= 0.3 is 5.97 Å². The van der Waals surface area contributed by atoms with Crippen LogP contribution in [0.2, 0.25) is 0 Å². The number of methoxy groups -OCH3 is 1. The second kappa shape index (κ2) is 9.75. The van der Waals surface area contributed by atoms with Gasteiger partial charge in [-0.25, -0.2) is 0 Å². The Labute approximate surface area is 183 Å². The van der Waals surface area contributed by atoms with Gasteiger partial charge in [-0.1, -0.05) is 35.0 Å². The number of carbonyl (C=O) groups excluding carboxylic acids is 3. The summed E-state index contributed by atoms with van der Waals surface area (Å²) in [7, 11) is 1.53. The van der Waals surface area contributed by atoms with E-state index in [1.807, 2.05) is 25.1 Å². The summed E-state index contributed by atoms with van der Waals surface area (Å²) in [6.07, 6.45) is 0.781. The molecule has 1 atom stereocenters. The number of nitrogens with zero attached hydrogens (tertiary/aromatic N) is 1. The zero-order chi connectivity index (χ0) is 21.7. The Hall–Kier alpha value is -2.87. The molecule has 0 aliphatic carbocycles. The van der Waals surface area contributed by atoms with Crippen LogP contribution in [-0.2, 0) is 25.5 Å². The van der Waals surface area contributed by atoms with Crippen molar-refractivity contribution in [2.75, 3.05) is 30.5 Å². The number of ether oxygens (including phenoxy) is 2. The third kappa shape index (κ3) is 4.99. The third-order valence-corrected chi connectivity index (χ3v) is 5.40. The van der Waals surface area contributed by atoms with Crippen molar-refractivity contribution in [3.63, 3.8) is 0 Å². The largest absolute Gasteiger partial charge is 0.495 e. The van der Waals surface area contributed by atoms with Crippen molar-refractivity contribution >= 4 is 45.1 Å². The molecule has 0 saturated carbocycles. The van der Waals surface area contributed by atoms with Gasteiger partial charge in [-0.3, -0.25) is 14.4 Å². The minimum Gasteiger partial charge on any atom is -0.495 e. The molecule has 2 aromatic rings. The maximum Gasteiger partial charge on any atom is 0.311 e. The zero-order valence-electron chi connectivity index (χ0n) is 16.8. The van der Waals surface area contributed by atoms with Gasteiger partial charge in [0, 0.05) is 23.1 Å². The molecule has 0 radical (unpaired) electrons. The van der Waals surface area contributed by atoms with Crippen LogP contribution >= 0.6 is 15.9 Å². The Morgan fingerprint density at radius 2 is 2.00 bits per heavy atom. The van der Waals surface area contributed by atoms with Crippen LogP contribution in [0.25, 0.3) is 0 Å². The molecule has 1 aliphatic rings. The summed E-state index contributed by atoms with van der Waals surface area (Å²) >= 11 is 3.40. The van der Waals surface area contributed by atoms with E-state index in [0.29, 0.717) is 17.1 Å². The summed E-state index contributed by atoms with van der Waals surface area (Å²) in [6.45, 7) is 1.77. The van der Waals surface area contributed by atoms with Crippen LogP contribution in [-0.4, -0.2) is 38.0 Å². The van der Waals surface area contributed by atoms with Crippen LogP contribution in [0.3, 0.4) is 0 Å². The lowest BCUT2D eigenvalue weighted by Crippen LogP contribution is -2.28. The fraction of sp³-hybridized carbons (Fsp3) is 0.318. The molecule has 3 rings (SSSR count). The number of rotatable bonds is 7. The summed E-state index contributed by atoms with van der Waals surface area (Å²) in [6, 6.07) is 12.7. The summed E-state index contributed by atoms with van der Waals surface area (Å²) in [5.41, 5.74) is 2.26. The Kier molecular flexibility index (Phi) is 7.10. The first kappa shape index (κ1) is 21.8. The van der Waals surface area contributed by atoms with Gasteiger partial charge in [0.25, 0.3) is 5.91 Å². The summed E-state index contributed by atoms with van der Waals surface area (Å²) in [4.78, 5) is 38.6. The predicted octanol–water partition coefficient (Wildman–Crippen LogP) is 3.55. The lowest BCUT2D eigenvalue weighted by atomic mass is 10.1. The highest BCUT2D eigenvalue weighted by Gasteiger charge is 2.37. The molecule has 0 bridgehead atoms. The molecular formula is C22H23BrN2O5. The van der Waals surface area contributed by atoms with Gasteiger partial charge in [-0.05, 0) is 42.3 Å². The number of nitrogens with one attached hydrogen (secondary N) is 1. The van der Waals surface area contributed by atoms with E-state index in [0.717, 1.165) is 16.5 Å². The monoisotopic (exact) mass is 474 g/mol. The van der Waals surface area contributed by atoms with Gasteiger partial charge in [0.2, 0.25) is 5.91 Å².